The van der Waals surface area contributed by atoms with Crippen LogP contribution in [0.15, 0.2) is 132 Å². The van der Waals surface area contributed by atoms with Gasteiger partial charge in [0.1, 0.15) is 11.2 Å². The van der Waals surface area contributed by atoms with Gasteiger partial charge in [0.2, 0.25) is 0 Å². The summed E-state index contributed by atoms with van der Waals surface area (Å²) in [5.74, 6) is 2.18. The van der Waals surface area contributed by atoms with Crippen LogP contribution in [0.5, 0.6) is 0 Å². The molecule has 55 heavy (non-hydrogen) atoms. The van der Waals surface area contributed by atoms with Crippen LogP contribution in [0.1, 0.15) is 76.3 Å². The van der Waals surface area contributed by atoms with Gasteiger partial charge < -0.3 is 4.42 Å². The molecule has 0 spiro atoms. The molecule has 2 heterocycles. The van der Waals surface area contributed by atoms with Crippen LogP contribution in [0.4, 0.5) is 0 Å². The van der Waals surface area contributed by atoms with E-state index in [-0.39, 0.29) is 0 Å². The summed E-state index contributed by atoms with van der Waals surface area (Å²) in [6.07, 6.45) is 11.4. The molecule has 0 amide bonds. The van der Waals surface area contributed by atoms with Crippen molar-refractivity contribution in [3.63, 3.8) is 0 Å². The Bertz CT molecular complexity index is 2730. The van der Waals surface area contributed by atoms with E-state index in [2.05, 4.69) is 129 Å². The molecule has 0 saturated carbocycles. The molecule has 7 aromatic carbocycles. The van der Waals surface area contributed by atoms with Crippen LogP contribution in [0.25, 0.3) is 88.4 Å². The van der Waals surface area contributed by atoms with Gasteiger partial charge in [-0.15, -0.1) is 0 Å². The Labute approximate surface area is 323 Å². The second kappa shape index (κ2) is 15.5. The van der Waals surface area contributed by atoms with Gasteiger partial charge in [0.05, 0.1) is 0 Å². The lowest BCUT2D eigenvalue weighted by atomic mass is 9.83. The number of aromatic nitrogens is 3. The van der Waals surface area contributed by atoms with Crippen LogP contribution >= 0.6 is 0 Å². The number of benzene rings is 7. The van der Waals surface area contributed by atoms with Crippen LogP contribution in [0.2, 0.25) is 0 Å². The number of nitrogens with zero attached hydrogens (tertiary/aromatic N) is 3. The largest absolute Gasteiger partial charge is 0.456 e. The van der Waals surface area contributed by atoms with Crippen LogP contribution < -0.4 is 0 Å². The summed E-state index contributed by atoms with van der Waals surface area (Å²) in [5.41, 5.74) is 7.72. The fourth-order valence-corrected chi connectivity index (χ4v) is 8.59. The molecule has 0 aliphatic rings. The molecule has 2 aromatic heterocycles. The maximum Gasteiger partial charge on any atom is 0.164 e. The van der Waals surface area contributed by atoms with Gasteiger partial charge in [0, 0.05) is 27.5 Å². The predicted molar refractivity (Wildman–Crippen MR) is 232 cm³/mol. The van der Waals surface area contributed by atoms with Crippen molar-refractivity contribution in [3.8, 4) is 34.2 Å². The number of unbranched alkanes of at least 4 members (excludes halogenated alkanes) is 6. The summed E-state index contributed by atoms with van der Waals surface area (Å²) in [6.45, 7) is 4.58. The van der Waals surface area contributed by atoms with Crippen LogP contribution in [0, 0.1) is 0 Å². The summed E-state index contributed by atoms with van der Waals surface area (Å²) in [7, 11) is 0. The van der Waals surface area contributed by atoms with Gasteiger partial charge in [-0.25, -0.2) is 15.0 Å². The molecule has 0 bridgehead atoms. The van der Waals surface area contributed by atoms with E-state index in [0.29, 0.717) is 11.6 Å². The summed E-state index contributed by atoms with van der Waals surface area (Å²) in [5, 5.41) is 9.96. The van der Waals surface area contributed by atoms with Crippen LogP contribution in [0.3, 0.4) is 0 Å². The molecule has 4 nitrogen and oxygen atoms in total. The number of furan rings is 1. The number of para-hydroxylation sites is 1. The minimum Gasteiger partial charge on any atom is -0.456 e. The van der Waals surface area contributed by atoms with Gasteiger partial charge in [-0.05, 0) is 93.4 Å². The zero-order chi connectivity index (χ0) is 37.1. The summed E-state index contributed by atoms with van der Waals surface area (Å²) in [4.78, 5) is 15.9. The molecule has 0 radical (unpaired) electrons. The first-order chi connectivity index (χ1) is 27.2. The van der Waals surface area contributed by atoms with Crippen molar-refractivity contribution in [2.75, 3.05) is 0 Å². The third-order valence-electron chi connectivity index (χ3n) is 11.3. The number of hydrogen-bond donors (Lipinski definition) is 0. The second-order valence-corrected chi connectivity index (χ2v) is 15.0. The third kappa shape index (κ3) is 6.65. The van der Waals surface area contributed by atoms with Crippen molar-refractivity contribution >= 4 is 54.3 Å². The normalized spacial score (nSPS) is 11.8. The van der Waals surface area contributed by atoms with Crippen LogP contribution in [-0.2, 0) is 12.8 Å². The summed E-state index contributed by atoms with van der Waals surface area (Å²) in [6, 6.07) is 45.3. The standard InChI is InChI=1S/C51H47N3O/c1-3-5-7-11-25-36-31-44-41-32-43-38-27-19-20-30-45(38)55-46(43)33-42(41)37-26-17-18-28-39(37)48(44)40(29-16-8-6-4-2)47(36)51-53-49(34-21-12-9-13-22-34)52-50(54-51)35-23-14-10-15-24-35/h9-10,12-15,17-24,26-28,30-33H,3-8,11,16,25,29H2,1-2H3. The second-order valence-electron chi connectivity index (χ2n) is 15.0. The highest BCUT2D eigenvalue weighted by Crippen LogP contribution is 2.45. The van der Waals surface area contributed by atoms with Crippen molar-refractivity contribution in [3.05, 3.63) is 139 Å². The Morgan fingerprint density at radius 3 is 1.65 bits per heavy atom. The van der Waals surface area contributed by atoms with Crippen molar-refractivity contribution in [2.24, 2.45) is 0 Å². The van der Waals surface area contributed by atoms with Crippen molar-refractivity contribution in [1.29, 1.82) is 0 Å². The minimum atomic E-state index is 0.705. The molecule has 0 saturated heterocycles. The minimum absolute atomic E-state index is 0.705. The first-order valence-corrected chi connectivity index (χ1v) is 20.3. The Morgan fingerprint density at radius 2 is 0.982 bits per heavy atom. The zero-order valence-corrected chi connectivity index (χ0v) is 31.9. The molecule has 9 aromatic rings. The molecule has 0 fully saturated rings. The first-order valence-electron chi connectivity index (χ1n) is 20.3. The van der Waals surface area contributed by atoms with Gasteiger partial charge >= 0.3 is 0 Å². The van der Waals surface area contributed by atoms with Gasteiger partial charge in [0.25, 0.3) is 0 Å². The SMILES string of the molecule is CCCCCCc1cc2c3cc4c(cc3c3ccccc3c2c(CCCCCC)c1-c1nc(-c2ccccc2)nc(-c2ccccc2)n1)oc1ccccc14. The Balaban J connectivity index is 1.40. The van der Waals surface area contributed by atoms with E-state index >= 15 is 0 Å². The molecule has 272 valence electrons. The molecule has 0 aliphatic carbocycles. The van der Waals surface area contributed by atoms with Gasteiger partial charge in [0.15, 0.2) is 17.5 Å². The van der Waals surface area contributed by atoms with Crippen molar-refractivity contribution < 1.29 is 4.42 Å². The van der Waals surface area contributed by atoms with E-state index in [1.807, 2.05) is 12.1 Å². The Hall–Kier alpha value is -5.87. The average molecular weight is 718 g/mol. The number of aryl methyl sites for hydroxylation is 2. The first kappa shape index (κ1) is 34.9. The van der Waals surface area contributed by atoms with E-state index in [1.165, 1.54) is 87.5 Å². The smallest absolute Gasteiger partial charge is 0.164 e. The predicted octanol–water partition coefficient (Wildman–Crippen LogP) is 14.5. The molecule has 0 unspecified atom stereocenters. The lowest BCUT2D eigenvalue weighted by molar-refractivity contribution is 0.663. The quantitative estimate of drug-likeness (QED) is 0.0880. The highest BCUT2D eigenvalue weighted by molar-refractivity contribution is 6.29. The topological polar surface area (TPSA) is 51.8 Å². The lowest BCUT2D eigenvalue weighted by Gasteiger charge is -2.21. The van der Waals surface area contributed by atoms with E-state index in [9.17, 15) is 0 Å². The van der Waals surface area contributed by atoms with Crippen LogP contribution in [-0.4, -0.2) is 15.0 Å². The number of fused-ring (bicyclic) bond motifs is 9. The molecule has 0 atom stereocenters. The van der Waals surface area contributed by atoms with E-state index < -0.39 is 0 Å². The fraction of sp³-hybridized carbons (Fsp3) is 0.235. The summed E-state index contributed by atoms with van der Waals surface area (Å²) >= 11 is 0. The number of hydrogen-bond acceptors (Lipinski definition) is 4. The highest BCUT2D eigenvalue weighted by Gasteiger charge is 2.24. The van der Waals surface area contributed by atoms with Gasteiger partial charge in [-0.2, -0.15) is 0 Å². The van der Waals surface area contributed by atoms with E-state index in [4.69, 9.17) is 19.4 Å². The number of rotatable bonds is 13. The average Bonchev–Trinajstić information content (AvgIpc) is 3.61. The fourth-order valence-electron chi connectivity index (χ4n) is 8.59. The lowest BCUT2D eigenvalue weighted by Crippen LogP contribution is -2.06. The molecule has 0 aliphatic heterocycles. The Morgan fingerprint density at radius 1 is 0.418 bits per heavy atom. The molecule has 4 heteroatoms. The molecular weight excluding hydrogens is 671 g/mol. The Kier molecular flexibility index (Phi) is 9.81. The summed E-state index contributed by atoms with van der Waals surface area (Å²) < 4.78 is 6.47. The maximum absolute atomic E-state index is 6.47. The maximum atomic E-state index is 6.47. The van der Waals surface area contributed by atoms with Gasteiger partial charge in [-0.1, -0.05) is 156 Å². The van der Waals surface area contributed by atoms with Gasteiger partial charge in [-0.3, -0.25) is 0 Å². The molecule has 0 N–H and O–H groups in total. The molecule has 9 rings (SSSR count). The monoisotopic (exact) mass is 717 g/mol. The van der Waals surface area contributed by atoms with Crippen molar-refractivity contribution in [1.82, 2.24) is 15.0 Å². The third-order valence-corrected chi connectivity index (χ3v) is 11.3. The van der Waals surface area contributed by atoms with Crippen molar-refractivity contribution in [2.45, 2.75) is 78.1 Å². The zero-order valence-electron chi connectivity index (χ0n) is 31.9. The molecular formula is C51H47N3O. The van der Waals surface area contributed by atoms with E-state index in [1.54, 1.807) is 0 Å². The highest BCUT2D eigenvalue weighted by atomic mass is 16.3. The van der Waals surface area contributed by atoms with E-state index in [0.717, 1.165) is 64.6 Å².